The van der Waals surface area contributed by atoms with E-state index in [0.29, 0.717) is 12.4 Å². The van der Waals surface area contributed by atoms with Gasteiger partial charge >= 0.3 is 0 Å². The van der Waals surface area contributed by atoms with Gasteiger partial charge < -0.3 is 4.90 Å². The molecule has 116 valence electrons. The van der Waals surface area contributed by atoms with Crippen LogP contribution >= 0.6 is 0 Å². The van der Waals surface area contributed by atoms with E-state index in [1.54, 1.807) is 12.3 Å². The van der Waals surface area contributed by atoms with E-state index in [-0.39, 0.29) is 5.69 Å². The number of para-hydroxylation sites is 1. The highest BCUT2D eigenvalue weighted by molar-refractivity contribution is 5.42. The number of hydrogen-bond donors (Lipinski definition) is 0. The Kier molecular flexibility index (Phi) is 4.01. The van der Waals surface area contributed by atoms with Gasteiger partial charge in [-0.05, 0) is 18.2 Å². The van der Waals surface area contributed by atoms with Crippen LogP contribution in [-0.4, -0.2) is 26.7 Å². The molecule has 1 aromatic carbocycles. The lowest BCUT2D eigenvalue weighted by Crippen LogP contribution is -2.17. The minimum Gasteiger partial charge on any atom is -0.355 e. The highest BCUT2D eigenvalue weighted by Gasteiger charge is 2.09. The summed E-state index contributed by atoms with van der Waals surface area (Å²) in [5, 5.41) is 15.0. The quantitative estimate of drug-likeness (QED) is 0.535. The van der Waals surface area contributed by atoms with Gasteiger partial charge in [0.15, 0.2) is 0 Å². The zero-order valence-electron chi connectivity index (χ0n) is 12.5. The highest BCUT2D eigenvalue weighted by Crippen LogP contribution is 2.17. The van der Waals surface area contributed by atoms with Crippen LogP contribution in [0.25, 0.3) is 5.69 Å². The van der Waals surface area contributed by atoms with Crippen molar-refractivity contribution in [2.45, 2.75) is 6.54 Å². The molecule has 0 fully saturated rings. The molecule has 0 aliphatic carbocycles. The van der Waals surface area contributed by atoms with Crippen molar-refractivity contribution in [3.8, 4) is 5.69 Å². The minimum absolute atomic E-state index is 0.0148. The number of hydrogen-bond acceptors (Lipinski definition) is 5. The van der Waals surface area contributed by atoms with Gasteiger partial charge in [0, 0.05) is 31.4 Å². The van der Waals surface area contributed by atoms with Crippen molar-refractivity contribution in [1.82, 2.24) is 14.8 Å². The first kappa shape index (κ1) is 14.7. The van der Waals surface area contributed by atoms with Gasteiger partial charge in [-0.1, -0.05) is 18.2 Å². The largest absolute Gasteiger partial charge is 0.355 e. The zero-order chi connectivity index (χ0) is 16.2. The molecule has 0 atom stereocenters. The summed E-state index contributed by atoms with van der Waals surface area (Å²) >= 11 is 0. The standard InChI is InChI=1S/C16H15N5O2/c1-19(16-8-7-15(10-17-16)21(22)23)11-13-9-18-20(12-13)14-5-3-2-4-6-14/h2-10,12H,11H2,1H3. The van der Waals surface area contributed by atoms with Crippen molar-refractivity contribution < 1.29 is 4.92 Å². The summed E-state index contributed by atoms with van der Waals surface area (Å²) in [4.78, 5) is 16.2. The minimum atomic E-state index is -0.458. The summed E-state index contributed by atoms with van der Waals surface area (Å²) in [6, 6.07) is 12.9. The van der Waals surface area contributed by atoms with Gasteiger partial charge in [-0.3, -0.25) is 10.1 Å². The lowest BCUT2D eigenvalue weighted by Gasteiger charge is -2.16. The van der Waals surface area contributed by atoms with Gasteiger partial charge in [0.1, 0.15) is 12.0 Å². The molecule has 0 spiro atoms. The van der Waals surface area contributed by atoms with Crippen molar-refractivity contribution in [3.05, 3.63) is 76.7 Å². The molecule has 0 N–H and O–H groups in total. The highest BCUT2D eigenvalue weighted by atomic mass is 16.6. The Bertz CT molecular complexity index is 799. The molecule has 0 unspecified atom stereocenters. The fourth-order valence-corrected chi connectivity index (χ4v) is 2.23. The molecule has 7 nitrogen and oxygen atoms in total. The Hall–Kier alpha value is -3.22. The van der Waals surface area contributed by atoms with Gasteiger partial charge in [0.2, 0.25) is 0 Å². The first-order valence-electron chi connectivity index (χ1n) is 7.04. The van der Waals surface area contributed by atoms with Crippen molar-refractivity contribution in [2.75, 3.05) is 11.9 Å². The van der Waals surface area contributed by atoms with E-state index < -0.39 is 4.92 Å². The number of nitrogens with zero attached hydrogens (tertiary/aromatic N) is 5. The monoisotopic (exact) mass is 309 g/mol. The van der Waals surface area contributed by atoms with Crippen LogP contribution in [0.15, 0.2) is 61.1 Å². The summed E-state index contributed by atoms with van der Waals surface area (Å²) in [6.45, 7) is 0.609. The molecular weight excluding hydrogens is 294 g/mol. The second kappa shape index (κ2) is 6.27. The van der Waals surface area contributed by atoms with Crippen molar-refractivity contribution in [2.24, 2.45) is 0 Å². The number of nitro groups is 1. The number of pyridine rings is 1. The average Bonchev–Trinajstić information content (AvgIpc) is 3.04. The van der Waals surface area contributed by atoms with Crippen LogP contribution in [-0.2, 0) is 6.54 Å². The maximum Gasteiger partial charge on any atom is 0.287 e. The van der Waals surface area contributed by atoms with Crippen LogP contribution in [0.1, 0.15) is 5.56 Å². The van der Waals surface area contributed by atoms with Gasteiger partial charge in [-0.25, -0.2) is 9.67 Å². The first-order chi connectivity index (χ1) is 11.1. The van der Waals surface area contributed by atoms with E-state index in [1.165, 1.54) is 12.3 Å². The van der Waals surface area contributed by atoms with E-state index in [1.807, 2.05) is 53.2 Å². The fraction of sp³-hybridized carbons (Fsp3) is 0.125. The third-order valence-corrected chi connectivity index (χ3v) is 3.41. The Balaban J connectivity index is 1.72. The van der Waals surface area contributed by atoms with Crippen LogP contribution in [0.3, 0.4) is 0 Å². The van der Waals surface area contributed by atoms with Crippen LogP contribution in [0.4, 0.5) is 11.5 Å². The Morgan fingerprint density at radius 2 is 1.96 bits per heavy atom. The predicted octanol–water partition coefficient (Wildman–Crippen LogP) is 2.81. The van der Waals surface area contributed by atoms with E-state index in [9.17, 15) is 10.1 Å². The van der Waals surface area contributed by atoms with E-state index in [0.717, 1.165) is 11.3 Å². The SMILES string of the molecule is CN(Cc1cnn(-c2ccccc2)c1)c1ccc([N+](=O)[O-])cn1. The molecule has 3 aromatic rings. The van der Waals surface area contributed by atoms with E-state index in [2.05, 4.69) is 10.1 Å². The van der Waals surface area contributed by atoms with Gasteiger partial charge in [0.05, 0.1) is 16.8 Å². The lowest BCUT2D eigenvalue weighted by molar-refractivity contribution is -0.385. The predicted molar refractivity (Wildman–Crippen MR) is 86.6 cm³/mol. The fourth-order valence-electron chi connectivity index (χ4n) is 2.23. The van der Waals surface area contributed by atoms with Crippen LogP contribution in [0.2, 0.25) is 0 Å². The normalized spacial score (nSPS) is 10.5. The Labute approximate surface area is 133 Å². The summed E-state index contributed by atoms with van der Waals surface area (Å²) in [7, 11) is 1.88. The van der Waals surface area contributed by atoms with Crippen molar-refractivity contribution >= 4 is 11.5 Å². The van der Waals surface area contributed by atoms with Gasteiger partial charge in [-0.2, -0.15) is 5.10 Å². The molecule has 0 radical (unpaired) electrons. The average molecular weight is 309 g/mol. The number of benzene rings is 1. The summed E-state index contributed by atoms with van der Waals surface area (Å²) in [5.74, 6) is 0.670. The number of rotatable bonds is 5. The molecular formula is C16H15N5O2. The second-order valence-electron chi connectivity index (χ2n) is 5.12. The van der Waals surface area contributed by atoms with Crippen molar-refractivity contribution in [1.29, 1.82) is 0 Å². The van der Waals surface area contributed by atoms with Crippen LogP contribution < -0.4 is 4.90 Å². The maximum atomic E-state index is 10.7. The topological polar surface area (TPSA) is 77.1 Å². The summed E-state index contributed by atoms with van der Waals surface area (Å²) in [5.41, 5.74) is 2.01. The Morgan fingerprint density at radius 3 is 2.61 bits per heavy atom. The van der Waals surface area contributed by atoms with E-state index in [4.69, 9.17) is 0 Å². The van der Waals surface area contributed by atoms with Gasteiger partial charge in [0.25, 0.3) is 5.69 Å². The van der Waals surface area contributed by atoms with Crippen molar-refractivity contribution in [3.63, 3.8) is 0 Å². The molecule has 23 heavy (non-hydrogen) atoms. The molecule has 0 aliphatic heterocycles. The molecule has 0 bridgehead atoms. The molecule has 0 saturated carbocycles. The first-order valence-corrected chi connectivity index (χ1v) is 7.04. The maximum absolute atomic E-state index is 10.7. The molecule has 2 heterocycles. The molecule has 7 heteroatoms. The zero-order valence-corrected chi connectivity index (χ0v) is 12.5. The number of aromatic nitrogens is 3. The molecule has 0 saturated heterocycles. The van der Waals surface area contributed by atoms with Crippen LogP contribution in [0, 0.1) is 10.1 Å². The summed E-state index contributed by atoms with van der Waals surface area (Å²) < 4.78 is 1.81. The third kappa shape index (κ3) is 3.34. The Morgan fingerprint density at radius 1 is 1.17 bits per heavy atom. The second-order valence-corrected chi connectivity index (χ2v) is 5.12. The lowest BCUT2D eigenvalue weighted by atomic mass is 10.3. The molecule has 2 aromatic heterocycles. The third-order valence-electron chi connectivity index (χ3n) is 3.41. The molecule has 0 amide bonds. The molecule has 3 rings (SSSR count). The van der Waals surface area contributed by atoms with Crippen LogP contribution in [0.5, 0.6) is 0 Å². The summed E-state index contributed by atoms with van der Waals surface area (Å²) in [6.07, 6.45) is 5.02. The number of anilines is 1. The van der Waals surface area contributed by atoms with E-state index >= 15 is 0 Å². The van der Waals surface area contributed by atoms with Gasteiger partial charge in [-0.15, -0.1) is 0 Å². The smallest absolute Gasteiger partial charge is 0.287 e. The molecule has 0 aliphatic rings.